The summed E-state index contributed by atoms with van der Waals surface area (Å²) < 4.78 is 52.1. The summed E-state index contributed by atoms with van der Waals surface area (Å²) in [5.41, 5.74) is 1.32. The highest BCUT2D eigenvalue weighted by Gasteiger charge is 2.71. The number of hydrazine groups is 1. The largest absolute Gasteiger partial charge is 0.507 e. The molecule has 2 N–H and O–H groups in total. The Hall–Kier alpha value is -6.71. The molecule has 4 amide bonds. The molecule has 17 heteroatoms. The number of fused-ring (bicyclic) bond motifs is 4. The average molecular weight is 912 g/mol. The molecule has 9 rings (SSSR count). The Morgan fingerprint density at radius 1 is 0.859 bits per heavy atom. The number of hydrogen-bond acceptors (Lipinski definition) is 10. The van der Waals surface area contributed by atoms with Crippen molar-refractivity contribution < 1.29 is 51.7 Å². The number of rotatable bonds is 9. The number of phenols is 1. The fourth-order valence-corrected chi connectivity index (χ4v) is 10.4. The Morgan fingerprint density at radius 2 is 1.55 bits per heavy atom. The summed E-state index contributed by atoms with van der Waals surface area (Å²) in [5.74, 6) is -9.03. The highest BCUT2D eigenvalue weighted by Crippen LogP contribution is 2.66. The van der Waals surface area contributed by atoms with Gasteiger partial charge in [0.2, 0.25) is 11.8 Å². The Kier molecular flexibility index (Phi) is 10.5. The number of anilines is 2. The summed E-state index contributed by atoms with van der Waals surface area (Å²) in [6.45, 7) is 0. The van der Waals surface area contributed by atoms with Gasteiger partial charge in [-0.3, -0.25) is 34.3 Å². The van der Waals surface area contributed by atoms with Crippen LogP contribution in [0.5, 0.6) is 17.2 Å². The molecule has 4 aliphatic rings. The number of amides is 4. The van der Waals surface area contributed by atoms with Gasteiger partial charge >= 0.3 is 6.18 Å². The van der Waals surface area contributed by atoms with Crippen LogP contribution in [0.3, 0.4) is 0 Å². The van der Waals surface area contributed by atoms with Crippen molar-refractivity contribution in [2.45, 2.75) is 30.4 Å². The smallest absolute Gasteiger partial charge is 0.417 e. The number of alkyl halides is 3. The van der Waals surface area contributed by atoms with Crippen LogP contribution in [0.1, 0.15) is 51.4 Å². The number of imide groups is 2. The molecule has 1 aromatic heterocycles. The van der Waals surface area contributed by atoms with Crippen LogP contribution in [0.2, 0.25) is 10.0 Å². The SMILES string of the molecule is COc1cc(O)c(C2C3=CCC4C(=O)N(c5ccc(C(=O)c6ccccc6)cc5)C(=O)C4C3CC3C(=O)N(Nc4ncc(C(F)(F)F)cc4Cl)C(=O)C32c2ccc(Cl)cc2)c(OC)c1. The lowest BCUT2D eigenvalue weighted by Gasteiger charge is -2.50. The van der Waals surface area contributed by atoms with E-state index in [1.165, 1.54) is 62.8 Å². The minimum atomic E-state index is -4.80. The lowest BCUT2D eigenvalue weighted by atomic mass is 9.49. The molecule has 64 heavy (non-hydrogen) atoms. The first kappa shape index (κ1) is 42.6. The van der Waals surface area contributed by atoms with E-state index in [-0.39, 0.29) is 52.7 Å². The molecule has 0 bridgehead atoms. The molecular formula is C47H35Cl2F3N4O8. The molecule has 1 saturated carbocycles. The molecule has 4 aromatic carbocycles. The van der Waals surface area contributed by atoms with Crippen molar-refractivity contribution >= 4 is 64.1 Å². The number of halogens is 5. The van der Waals surface area contributed by atoms with Crippen molar-refractivity contribution in [3.8, 4) is 17.2 Å². The van der Waals surface area contributed by atoms with Crippen molar-refractivity contribution in [1.29, 1.82) is 0 Å². The highest BCUT2D eigenvalue weighted by molar-refractivity contribution is 6.33. The number of aromatic nitrogens is 1. The number of carbonyl (C=O) groups is 5. The third-order valence-electron chi connectivity index (χ3n) is 12.8. The number of allylic oxidation sites excluding steroid dienone is 2. The number of nitrogens with one attached hydrogen (secondary N) is 1. The predicted molar refractivity (Wildman–Crippen MR) is 227 cm³/mol. The number of ether oxygens (including phenoxy) is 2. The second-order valence-corrected chi connectivity index (χ2v) is 16.8. The van der Waals surface area contributed by atoms with Gasteiger partial charge in [-0.1, -0.05) is 77.3 Å². The Labute approximate surface area is 373 Å². The third kappa shape index (κ3) is 6.59. The number of nitrogens with zero attached hydrogens (tertiary/aromatic N) is 3. The quantitative estimate of drug-likeness (QED) is 0.0835. The fourth-order valence-electron chi connectivity index (χ4n) is 10.0. The molecule has 12 nitrogen and oxygen atoms in total. The molecule has 2 aliphatic heterocycles. The van der Waals surface area contributed by atoms with E-state index in [2.05, 4.69) is 10.4 Å². The van der Waals surface area contributed by atoms with Crippen LogP contribution in [-0.2, 0) is 30.8 Å². The number of benzene rings is 4. The minimum absolute atomic E-state index is 0.0361. The first-order chi connectivity index (χ1) is 30.6. The van der Waals surface area contributed by atoms with Gasteiger partial charge in [0.25, 0.3) is 11.8 Å². The number of hydrogen-bond donors (Lipinski definition) is 2. The van der Waals surface area contributed by atoms with Crippen LogP contribution in [-0.4, -0.2) is 58.7 Å². The molecule has 2 aliphatic carbocycles. The van der Waals surface area contributed by atoms with Crippen LogP contribution in [0.4, 0.5) is 24.7 Å². The summed E-state index contributed by atoms with van der Waals surface area (Å²) in [5, 5.41) is 12.4. The summed E-state index contributed by atoms with van der Waals surface area (Å²) in [7, 11) is 2.73. The summed E-state index contributed by atoms with van der Waals surface area (Å²) >= 11 is 12.7. The van der Waals surface area contributed by atoms with Crippen LogP contribution in [0, 0.1) is 23.7 Å². The van der Waals surface area contributed by atoms with Crippen LogP contribution in [0.15, 0.2) is 115 Å². The fraction of sp³-hybridized carbons (Fsp3) is 0.234. The van der Waals surface area contributed by atoms with Crippen molar-refractivity contribution in [2.24, 2.45) is 23.7 Å². The van der Waals surface area contributed by atoms with Gasteiger partial charge < -0.3 is 14.6 Å². The second-order valence-electron chi connectivity index (χ2n) is 15.9. The Morgan fingerprint density at radius 3 is 2.19 bits per heavy atom. The number of phenolic OH excluding ortho intramolecular Hbond substituents is 1. The van der Waals surface area contributed by atoms with Crippen LogP contribution >= 0.6 is 23.2 Å². The van der Waals surface area contributed by atoms with Crippen LogP contribution < -0.4 is 19.8 Å². The standard InChI is InChI=1S/C47H35Cl2F3N4O8/c1-63-29-19-35(57)38(36(20-29)64-2)39-30-16-17-31-37(44(61)55(42(31)59)28-14-8-24(9-15-28)40(58)23-6-4-3-5-7-23)32(30)21-33-43(60)56(45(62)46(33,39)25-10-12-27(48)13-11-25)54-41-34(49)18-26(22-53-41)47(50,51)52/h3-16,18-20,22,31-33,37,39,57H,17,21H2,1-2H3,(H,53,54). The zero-order valence-corrected chi connectivity index (χ0v) is 35.2. The topological polar surface area (TPSA) is 155 Å². The molecular weight excluding hydrogens is 876 g/mol. The normalized spacial score (nSPS) is 23.9. The maximum Gasteiger partial charge on any atom is 0.417 e. The highest BCUT2D eigenvalue weighted by atomic mass is 35.5. The average Bonchev–Trinajstić information content (AvgIpc) is 3.67. The van der Waals surface area contributed by atoms with E-state index < -0.39 is 81.2 Å². The van der Waals surface area contributed by atoms with Gasteiger partial charge in [-0.05, 0) is 66.8 Å². The van der Waals surface area contributed by atoms with Gasteiger partial charge in [-0.2, -0.15) is 18.2 Å². The van der Waals surface area contributed by atoms with Gasteiger partial charge in [0, 0.05) is 46.0 Å². The molecule has 3 fully saturated rings. The summed E-state index contributed by atoms with van der Waals surface area (Å²) in [6, 6.07) is 24.4. The number of pyridine rings is 1. The van der Waals surface area contributed by atoms with E-state index in [1.54, 1.807) is 48.5 Å². The number of carbonyl (C=O) groups excluding carboxylic acids is 5. The zero-order valence-electron chi connectivity index (χ0n) is 33.7. The van der Waals surface area contributed by atoms with Gasteiger partial charge in [0.1, 0.15) is 17.2 Å². The number of methoxy groups -OCH3 is 2. The first-order valence-corrected chi connectivity index (χ1v) is 20.7. The summed E-state index contributed by atoms with van der Waals surface area (Å²) in [4.78, 5) is 78.0. The molecule has 0 spiro atoms. The third-order valence-corrected chi connectivity index (χ3v) is 13.4. The zero-order chi connectivity index (χ0) is 45.4. The molecule has 0 radical (unpaired) electrons. The number of aromatic hydroxyl groups is 1. The van der Waals surface area contributed by atoms with Gasteiger partial charge in [-0.25, -0.2) is 4.98 Å². The van der Waals surface area contributed by atoms with E-state index in [4.69, 9.17) is 32.7 Å². The molecule has 326 valence electrons. The monoisotopic (exact) mass is 910 g/mol. The molecule has 6 unspecified atom stereocenters. The van der Waals surface area contributed by atoms with E-state index >= 15 is 9.59 Å². The van der Waals surface area contributed by atoms with E-state index in [0.29, 0.717) is 39.0 Å². The first-order valence-electron chi connectivity index (χ1n) is 20.0. The summed E-state index contributed by atoms with van der Waals surface area (Å²) in [6.07, 6.45) is -2.65. The van der Waals surface area contributed by atoms with Crippen molar-refractivity contribution in [3.63, 3.8) is 0 Å². The second kappa shape index (κ2) is 15.8. The molecule has 2 saturated heterocycles. The van der Waals surface area contributed by atoms with E-state index in [1.807, 2.05) is 0 Å². The maximum atomic E-state index is 15.6. The van der Waals surface area contributed by atoms with Gasteiger partial charge in [0.05, 0.1) is 53.7 Å². The minimum Gasteiger partial charge on any atom is -0.507 e. The lowest BCUT2D eigenvalue weighted by Crippen LogP contribution is -2.53. The molecule has 5 aromatic rings. The molecule has 3 heterocycles. The lowest BCUT2D eigenvalue weighted by molar-refractivity contribution is -0.139. The number of ketones is 1. The Bertz CT molecular complexity index is 2810. The van der Waals surface area contributed by atoms with Gasteiger partial charge in [-0.15, -0.1) is 0 Å². The molecule has 6 atom stereocenters. The van der Waals surface area contributed by atoms with Crippen molar-refractivity contribution in [3.05, 3.63) is 153 Å². The van der Waals surface area contributed by atoms with Crippen molar-refractivity contribution in [2.75, 3.05) is 24.5 Å². The van der Waals surface area contributed by atoms with Gasteiger partial charge in [0.15, 0.2) is 11.6 Å². The predicted octanol–water partition coefficient (Wildman–Crippen LogP) is 8.55. The van der Waals surface area contributed by atoms with Crippen LogP contribution in [0.25, 0.3) is 0 Å². The van der Waals surface area contributed by atoms with E-state index in [9.17, 15) is 32.7 Å². The Balaban J connectivity index is 1.19. The maximum absolute atomic E-state index is 15.6. The van der Waals surface area contributed by atoms with E-state index in [0.717, 1.165) is 4.90 Å². The van der Waals surface area contributed by atoms with Crippen molar-refractivity contribution in [1.82, 2.24) is 9.99 Å².